The second-order valence-corrected chi connectivity index (χ2v) is 3.75. The Balaban J connectivity index is 2.26. The van der Waals surface area contributed by atoms with E-state index in [4.69, 9.17) is 4.42 Å². The minimum atomic E-state index is 0.0925. The highest BCUT2D eigenvalue weighted by atomic mass is 32.1. The van der Waals surface area contributed by atoms with Crippen LogP contribution in [0, 0.1) is 0 Å². The molecule has 74 valence electrons. The lowest BCUT2D eigenvalue weighted by molar-refractivity contribution is 0.441. The molecule has 2 aromatic heterocycles. The molecule has 1 N–H and O–H groups in total. The fourth-order valence-electron chi connectivity index (χ4n) is 1.04. The summed E-state index contributed by atoms with van der Waals surface area (Å²) in [5.41, 5.74) is 0.983. The Morgan fingerprint density at radius 3 is 3.00 bits per heavy atom. The molecule has 5 heteroatoms. The minimum absolute atomic E-state index is 0.0925. The highest BCUT2D eigenvalue weighted by Gasteiger charge is 2.12. The van der Waals surface area contributed by atoms with Gasteiger partial charge in [0.05, 0.1) is 6.04 Å². The van der Waals surface area contributed by atoms with E-state index in [1.54, 1.807) is 11.3 Å². The Labute approximate surface area is 86.0 Å². The van der Waals surface area contributed by atoms with Gasteiger partial charge in [-0.2, -0.15) is 11.3 Å². The molecule has 4 nitrogen and oxygen atoms in total. The van der Waals surface area contributed by atoms with E-state index in [1.165, 1.54) is 0 Å². The van der Waals surface area contributed by atoms with Crippen molar-refractivity contribution in [2.45, 2.75) is 13.0 Å². The Hall–Kier alpha value is -1.20. The van der Waals surface area contributed by atoms with E-state index in [9.17, 15) is 0 Å². The third-order valence-electron chi connectivity index (χ3n) is 2.01. The van der Waals surface area contributed by atoms with E-state index in [0.717, 1.165) is 5.56 Å². The lowest BCUT2D eigenvalue weighted by Crippen LogP contribution is -2.12. The van der Waals surface area contributed by atoms with Crippen LogP contribution in [0.25, 0.3) is 11.5 Å². The van der Waals surface area contributed by atoms with E-state index < -0.39 is 0 Å². The van der Waals surface area contributed by atoms with E-state index in [-0.39, 0.29) is 6.04 Å². The second kappa shape index (κ2) is 3.89. The molecule has 0 bridgehead atoms. The van der Waals surface area contributed by atoms with Crippen molar-refractivity contribution in [2.24, 2.45) is 0 Å². The van der Waals surface area contributed by atoms with Gasteiger partial charge in [0, 0.05) is 10.9 Å². The van der Waals surface area contributed by atoms with Gasteiger partial charge in [0.2, 0.25) is 11.8 Å². The Kier molecular flexibility index (Phi) is 2.60. The summed E-state index contributed by atoms with van der Waals surface area (Å²) in [7, 11) is 1.86. The lowest BCUT2D eigenvalue weighted by atomic mass is 10.3. The molecule has 2 aromatic rings. The Morgan fingerprint density at radius 1 is 1.50 bits per heavy atom. The molecular formula is C9H11N3OS. The molecule has 0 radical (unpaired) electrons. The summed E-state index contributed by atoms with van der Waals surface area (Å²) in [6, 6.07) is 2.06. The van der Waals surface area contributed by atoms with Crippen LogP contribution in [0.4, 0.5) is 0 Å². The summed E-state index contributed by atoms with van der Waals surface area (Å²) >= 11 is 1.61. The van der Waals surface area contributed by atoms with Crippen molar-refractivity contribution in [3.63, 3.8) is 0 Å². The molecule has 0 aliphatic carbocycles. The van der Waals surface area contributed by atoms with Crippen LogP contribution < -0.4 is 5.32 Å². The summed E-state index contributed by atoms with van der Waals surface area (Å²) in [5.74, 6) is 1.21. The Morgan fingerprint density at radius 2 is 2.36 bits per heavy atom. The van der Waals surface area contributed by atoms with E-state index in [0.29, 0.717) is 11.8 Å². The molecule has 0 aliphatic rings. The first-order chi connectivity index (χ1) is 6.81. The molecule has 0 saturated carbocycles. The number of hydrogen-bond acceptors (Lipinski definition) is 5. The largest absolute Gasteiger partial charge is 0.419 e. The van der Waals surface area contributed by atoms with E-state index in [1.807, 2.05) is 30.8 Å². The normalized spacial score (nSPS) is 13.0. The summed E-state index contributed by atoms with van der Waals surface area (Å²) < 4.78 is 5.50. The average molecular weight is 209 g/mol. The molecule has 0 aromatic carbocycles. The van der Waals surface area contributed by atoms with Gasteiger partial charge in [0.25, 0.3) is 0 Å². The van der Waals surface area contributed by atoms with Gasteiger partial charge in [-0.3, -0.25) is 0 Å². The zero-order chi connectivity index (χ0) is 9.97. The smallest absolute Gasteiger partial charge is 0.248 e. The molecule has 0 fully saturated rings. The van der Waals surface area contributed by atoms with E-state index >= 15 is 0 Å². The quantitative estimate of drug-likeness (QED) is 0.840. The standard InChI is InChI=1S/C9H11N3OS/c1-6(10-2)8-11-12-9(13-8)7-3-4-14-5-7/h3-6,10H,1-2H3. The molecule has 0 aliphatic heterocycles. The highest BCUT2D eigenvalue weighted by molar-refractivity contribution is 7.08. The zero-order valence-corrected chi connectivity index (χ0v) is 8.84. The van der Waals surface area contributed by atoms with Gasteiger partial charge in [0.15, 0.2) is 0 Å². The number of hydrogen-bond donors (Lipinski definition) is 1. The molecule has 0 saturated heterocycles. The summed E-state index contributed by atoms with van der Waals surface area (Å²) in [6.45, 7) is 1.98. The molecule has 0 amide bonds. The number of nitrogens with one attached hydrogen (secondary N) is 1. The number of thiophene rings is 1. The molecular weight excluding hydrogens is 198 g/mol. The van der Waals surface area contributed by atoms with Crippen LogP contribution >= 0.6 is 11.3 Å². The zero-order valence-electron chi connectivity index (χ0n) is 8.02. The van der Waals surface area contributed by atoms with Crippen LogP contribution in [-0.2, 0) is 0 Å². The van der Waals surface area contributed by atoms with Crippen LogP contribution in [0.2, 0.25) is 0 Å². The Bertz CT molecular complexity index is 396. The van der Waals surface area contributed by atoms with Crippen LogP contribution in [0.3, 0.4) is 0 Å². The summed E-state index contributed by atoms with van der Waals surface area (Å²) in [5, 5.41) is 15.0. The predicted octanol–water partition coefficient (Wildman–Crippen LogP) is 2.08. The van der Waals surface area contributed by atoms with Gasteiger partial charge in [-0.05, 0) is 25.4 Å². The maximum absolute atomic E-state index is 5.50. The molecule has 1 unspecified atom stereocenters. The van der Waals surface area contributed by atoms with Crippen LogP contribution in [0.1, 0.15) is 18.9 Å². The molecule has 2 heterocycles. The number of nitrogens with zero attached hydrogens (tertiary/aromatic N) is 2. The minimum Gasteiger partial charge on any atom is -0.419 e. The van der Waals surface area contributed by atoms with Crippen LogP contribution in [-0.4, -0.2) is 17.2 Å². The van der Waals surface area contributed by atoms with Crippen LogP contribution in [0.15, 0.2) is 21.2 Å². The SMILES string of the molecule is CNC(C)c1nnc(-c2ccsc2)o1. The first-order valence-electron chi connectivity index (χ1n) is 4.34. The maximum atomic E-state index is 5.50. The van der Waals surface area contributed by atoms with Gasteiger partial charge in [-0.15, -0.1) is 10.2 Å². The van der Waals surface area contributed by atoms with Crippen molar-refractivity contribution in [1.82, 2.24) is 15.5 Å². The van der Waals surface area contributed by atoms with Gasteiger partial charge in [0.1, 0.15) is 0 Å². The lowest BCUT2D eigenvalue weighted by Gasteiger charge is -2.01. The van der Waals surface area contributed by atoms with E-state index in [2.05, 4.69) is 15.5 Å². The first kappa shape index (κ1) is 9.36. The molecule has 14 heavy (non-hydrogen) atoms. The van der Waals surface area contributed by atoms with Crippen molar-refractivity contribution in [1.29, 1.82) is 0 Å². The highest BCUT2D eigenvalue weighted by Crippen LogP contribution is 2.22. The third-order valence-corrected chi connectivity index (χ3v) is 2.70. The summed E-state index contributed by atoms with van der Waals surface area (Å²) in [4.78, 5) is 0. The van der Waals surface area contributed by atoms with Crippen LogP contribution in [0.5, 0.6) is 0 Å². The van der Waals surface area contributed by atoms with Crippen molar-refractivity contribution in [2.75, 3.05) is 7.05 Å². The monoisotopic (exact) mass is 209 g/mol. The maximum Gasteiger partial charge on any atom is 0.248 e. The first-order valence-corrected chi connectivity index (χ1v) is 5.29. The second-order valence-electron chi connectivity index (χ2n) is 2.97. The fourth-order valence-corrected chi connectivity index (χ4v) is 1.67. The number of aromatic nitrogens is 2. The van der Waals surface area contributed by atoms with Gasteiger partial charge < -0.3 is 9.73 Å². The fraction of sp³-hybridized carbons (Fsp3) is 0.333. The van der Waals surface area contributed by atoms with Gasteiger partial charge in [-0.25, -0.2) is 0 Å². The number of rotatable bonds is 3. The molecule has 1 atom stereocenters. The van der Waals surface area contributed by atoms with Gasteiger partial charge in [-0.1, -0.05) is 0 Å². The molecule has 0 spiro atoms. The van der Waals surface area contributed by atoms with Crippen molar-refractivity contribution < 1.29 is 4.42 Å². The average Bonchev–Trinajstić information content (AvgIpc) is 2.86. The predicted molar refractivity (Wildman–Crippen MR) is 55.1 cm³/mol. The van der Waals surface area contributed by atoms with Crippen molar-refractivity contribution >= 4 is 11.3 Å². The van der Waals surface area contributed by atoms with Gasteiger partial charge >= 0.3 is 0 Å². The third kappa shape index (κ3) is 1.69. The summed E-state index contributed by atoms with van der Waals surface area (Å²) in [6.07, 6.45) is 0. The van der Waals surface area contributed by atoms with Crippen molar-refractivity contribution in [3.05, 3.63) is 22.7 Å². The van der Waals surface area contributed by atoms with Crippen molar-refractivity contribution in [3.8, 4) is 11.5 Å². The molecule has 2 rings (SSSR count). The topological polar surface area (TPSA) is 51.0 Å².